The number of aromatic nitrogens is 4. The second kappa shape index (κ2) is 10.9. The summed E-state index contributed by atoms with van der Waals surface area (Å²) in [6, 6.07) is 8.46. The van der Waals surface area contributed by atoms with Crippen LogP contribution in [0.5, 0.6) is 0 Å². The summed E-state index contributed by atoms with van der Waals surface area (Å²) in [6.45, 7) is 2.95. The maximum atomic E-state index is 5.00. The average Bonchev–Trinajstić information content (AvgIpc) is 3.45. The third-order valence-corrected chi connectivity index (χ3v) is 6.84. The molecule has 0 fully saturated rings. The van der Waals surface area contributed by atoms with Gasteiger partial charge in [0.25, 0.3) is 0 Å². The van der Waals surface area contributed by atoms with Crippen molar-refractivity contribution >= 4 is 38.7 Å². The van der Waals surface area contributed by atoms with Crippen LogP contribution in [0.25, 0.3) is 5.65 Å². The Morgan fingerprint density at radius 2 is 2.10 bits per heavy atom. The highest BCUT2D eigenvalue weighted by Crippen LogP contribution is 2.30. The van der Waals surface area contributed by atoms with Gasteiger partial charge in [0.05, 0.1) is 10.7 Å². The molecule has 0 saturated carbocycles. The highest BCUT2D eigenvalue weighted by molar-refractivity contribution is 9.10. The zero-order chi connectivity index (χ0) is 21.5. The Balaban J connectivity index is 1.51. The van der Waals surface area contributed by atoms with E-state index in [1.807, 2.05) is 23.0 Å². The molecule has 4 rings (SSSR count). The number of anilines is 1. The topological polar surface area (TPSA) is 55.1 Å². The maximum Gasteiger partial charge on any atom is 0.171 e. The highest BCUT2D eigenvalue weighted by Gasteiger charge is 2.17. The van der Waals surface area contributed by atoms with Gasteiger partial charge < -0.3 is 5.32 Å². The molecule has 4 aromatic rings. The molecule has 4 aromatic heterocycles. The van der Waals surface area contributed by atoms with E-state index in [0.29, 0.717) is 12.5 Å². The molecule has 0 aliphatic rings. The van der Waals surface area contributed by atoms with Crippen molar-refractivity contribution in [1.82, 2.24) is 19.6 Å². The van der Waals surface area contributed by atoms with E-state index in [9.17, 15) is 0 Å². The predicted octanol–water partition coefficient (Wildman–Crippen LogP) is 6.86. The van der Waals surface area contributed by atoms with Crippen molar-refractivity contribution in [3.05, 3.63) is 74.9 Å². The fourth-order valence-corrected chi connectivity index (χ4v) is 4.98. The van der Waals surface area contributed by atoms with Crippen LogP contribution >= 0.6 is 27.3 Å². The van der Waals surface area contributed by atoms with Crippen LogP contribution in [0.15, 0.2) is 58.1 Å². The minimum absolute atomic E-state index is 0.457. The lowest BCUT2D eigenvalue weighted by Crippen LogP contribution is -2.10. The van der Waals surface area contributed by atoms with Crippen LogP contribution in [0.1, 0.15) is 61.8 Å². The van der Waals surface area contributed by atoms with Gasteiger partial charge in [0.15, 0.2) is 5.65 Å². The normalized spacial score (nSPS) is 12.3. The molecule has 1 atom stereocenters. The van der Waals surface area contributed by atoms with Crippen molar-refractivity contribution in [1.29, 1.82) is 0 Å². The molecule has 5 nitrogen and oxygen atoms in total. The van der Waals surface area contributed by atoms with Gasteiger partial charge in [0, 0.05) is 36.6 Å². The summed E-state index contributed by atoms with van der Waals surface area (Å²) in [5, 5.41) is 12.5. The van der Waals surface area contributed by atoms with E-state index in [4.69, 9.17) is 4.98 Å². The summed E-state index contributed by atoms with van der Waals surface area (Å²) >= 11 is 5.41. The Kier molecular flexibility index (Phi) is 7.70. The molecule has 0 saturated heterocycles. The van der Waals surface area contributed by atoms with Crippen LogP contribution in [0.2, 0.25) is 0 Å². The van der Waals surface area contributed by atoms with E-state index in [1.54, 1.807) is 17.5 Å². The van der Waals surface area contributed by atoms with Crippen LogP contribution in [0, 0.1) is 0 Å². The quantitative estimate of drug-likeness (QED) is 0.230. The summed E-state index contributed by atoms with van der Waals surface area (Å²) in [7, 11) is 0. The van der Waals surface area contributed by atoms with Crippen molar-refractivity contribution in [2.75, 3.05) is 5.32 Å². The zero-order valence-corrected chi connectivity index (χ0v) is 20.2. The van der Waals surface area contributed by atoms with Crippen LogP contribution in [0.3, 0.4) is 0 Å². The van der Waals surface area contributed by atoms with Crippen molar-refractivity contribution in [2.45, 2.75) is 57.9 Å². The first-order chi connectivity index (χ1) is 15.2. The van der Waals surface area contributed by atoms with Gasteiger partial charge in [-0.25, -0.2) is 4.98 Å². The number of nitrogens with zero attached hydrogens (tertiary/aromatic N) is 4. The predicted molar refractivity (Wildman–Crippen MR) is 132 cm³/mol. The molecule has 0 aliphatic carbocycles. The second-order valence-corrected chi connectivity index (χ2v) is 9.51. The lowest BCUT2D eigenvalue weighted by molar-refractivity contribution is 0.522. The summed E-state index contributed by atoms with van der Waals surface area (Å²) in [4.78, 5) is 9.21. The standard InChI is InChI=1S/C24H28BrN5S/c1-2-6-20(9-4-3-7-18-10-12-31-17-18)22-13-23(27-15-19-8-5-11-26-14-19)30-24(29-22)21(25)16-28-30/h5,8,10-14,16-17,20,27H,2-4,6-7,9,15H2,1H3. The number of thiophene rings is 1. The molecule has 31 heavy (non-hydrogen) atoms. The third kappa shape index (κ3) is 5.71. The smallest absolute Gasteiger partial charge is 0.171 e. The number of aryl methyl sites for hydroxylation is 1. The number of halogens is 1. The average molecular weight is 498 g/mol. The number of nitrogens with one attached hydrogen (secondary N) is 1. The lowest BCUT2D eigenvalue weighted by atomic mass is 9.92. The van der Waals surface area contributed by atoms with E-state index in [2.05, 4.69) is 67.2 Å². The molecular formula is C24H28BrN5S. The zero-order valence-electron chi connectivity index (χ0n) is 17.8. The number of pyridine rings is 1. The minimum atomic E-state index is 0.457. The number of rotatable bonds is 11. The van der Waals surface area contributed by atoms with Gasteiger partial charge in [-0.15, -0.1) is 0 Å². The van der Waals surface area contributed by atoms with E-state index in [0.717, 1.165) is 46.5 Å². The van der Waals surface area contributed by atoms with E-state index in [1.165, 1.54) is 24.8 Å². The molecule has 4 heterocycles. The van der Waals surface area contributed by atoms with E-state index >= 15 is 0 Å². The Morgan fingerprint density at radius 3 is 2.87 bits per heavy atom. The summed E-state index contributed by atoms with van der Waals surface area (Å²) in [6.07, 6.45) is 12.6. The molecule has 0 spiro atoms. The molecule has 0 aliphatic heterocycles. The van der Waals surface area contributed by atoms with Gasteiger partial charge in [-0.05, 0) is 75.6 Å². The third-order valence-electron chi connectivity index (χ3n) is 5.55. The molecule has 1 unspecified atom stereocenters. The van der Waals surface area contributed by atoms with E-state index < -0.39 is 0 Å². The Bertz CT molecular complexity index is 1080. The summed E-state index contributed by atoms with van der Waals surface area (Å²) < 4.78 is 2.80. The molecule has 0 bridgehead atoms. The highest BCUT2D eigenvalue weighted by atomic mass is 79.9. The van der Waals surface area contributed by atoms with Crippen molar-refractivity contribution in [3.8, 4) is 0 Å². The summed E-state index contributed by atoms with van der Waals surface area (Å²) in [5.74, 6) is 1.42. The van der Waals surface area contributed by atoms with E-state index in [-0.39, 0.29) is 0 Å². The van der Waals surface area contributed by atoms with Crippen LogP contribution < -0.4 is 5.32 Å². The molecule has 0 amide bonds. The van der Waals surface area contributed by atoms with Crippen LogP contribution in [-0.2, 0) is 13.0 Å². The molecule has 162 valence electrons. The van der Waals surface area contributed by atoms with Gasteiger partial charge >= 0.3 is 0 Å². The molecular weight excluding hydrogens is 470 g/mol. The fraction of sp³-hybridized carbons (Fsp3) is 0.375. The van der Waals surface area contributed by atoms with Crippen molar-refractivity contribution in [3.63, 3.8) is 0 Å². The summed E-state index contributed by atoms with van der Waals surface area (Å²) in [5.41, 5.74) is 4.62. The Hall–Kier alpha value is -2.25. The monoisotopic (exact) mass is 497 g/mol. The van der Waals surface area contributed by atoms with Gasteiger partial charge in [0.2, 0.25) is 0 Å². The minimum Gasteiger partial charge on any atom is -0.366 e. The van der Waals surface area contributed by atoms with Gasteiger partial charge in [-0.2, -0.15) is 21.0 Å². The molecule has 0 aromatic carbocycles. The van der Waals surface area contributed by atoms with Crippen LogP contribution in [0.4, 0.5) is 5.82 Å². The fourth-order valence-electron chi connectivity index (χ4n) is 3.93. The largest absolute Gasteiger partial charge is 0.366 e. The van der Waals surface area contributed by atoms with Crippen molar-refractivity contribution < 1.29 is 0 Å². The van der Waals surface area contributed by atoms with Crippen LogP contribution in [-0.4, -0.2) is 19.6 Å². The van der Waals surface area contributed by atoms with Gasteiger partial charge in [-0.1, -0.05) is 25.8 Å². The van der Waals surface area contributed by atoms with Gasteiger partial charge in [-0.3, -0.25) is 4.98 Å². The maximum absolute atomic E-state index is 5.00. The Labute approximate surface area is 196 Å². The SMILES string of the molecule is CCCC(CCCCc1ccsc1)c1cc(NCc2cccnc2)n2ncc(Br)c2n1. The molecule has 7 heteroatoms. The molecule has 0 radical (unpaired) electrons. The van der Waals surface area contributed by atoms with Crippen molar-refractivity contribution in [2.24, 2.45) is 0 Å². The Morgan fingerprint density at radius 1 is 1.16 bits per heavy atom. The first-order valence-electron chi connectivity index (χ1n) is 10.9. The second-order valence-electron chi connectivity index (χ2n) is 7.87. The number of fused-ring (bicyclic) bond motifs is 1. The number of hydrogen-bond donors (Lipinski definition) is 1. The first kappa shape index (κ1) is 22.0. The number of hydrogen-bond acceptors (Lipinski definition) is 5. The number of unbranched alkanes of at least 4 members (excludes halogenated alkanes) is 1. The molecule has 1 N–H and O–H groups in total. The lowest BCUT2D eigenvalue weighted by Gasteiger charge is -2.18. The first-order valence-corrected chi connectivity index (χ1v) is 12.7. The van der Waals surface area contributed by atoms with Gasteiger partial charge in [0.1, 0.15) is 5.82 Å².